The molecule has 0 bridgehead atoms. The summed E-state index contributed by atoms with van der Waals surface area (Å²) in [5, 5.41) is 2.45. The summed E-state index contributed by atoms with van der Waals surface area (Å²) in [7, 11) is 0. The molecule has 304 valence electrons. The lowest BCUT2D eigenvalue weighted by atomic mass is 10.0. The molecule has 11 aromatic rings. The molecule has 1 heterocycles. The molecule has 0 amide bonds. The lowest BCUT2D eigenvalue weighted by Crippen LogP contribution is -2.12. The van der Waals surface area contributed by atoms with Crippen molar-refractivity contribution in [2.75, 3.05) is 14.7 Å². The predicted molar refractivity (Wildman–Crippen MR) is 270 cm³/mol. The number of nitrogens with zero attached hydrogens (tertiary/aromatic N) is 4. The van der Waals surface area contributed by atoms with Crippen LogP contribution in [0.1, 0.15) is 0 Å². The summed E-state index contributed by atoms with van der Waals surface area (Å²) in [4.78, 5) is 6.96. The van der Waals surface area contributed by atoms with E-state index in [2.05, 4.69) is 286 Å². The molecule has 0 N–H and O–H groups in total. The fourth-order valence-corrected chi connectivity index (χ4v) is 8.96. The number of aromatic nitrogens is 1. The number of para-hydroxylation sites is 6. The number of hydrogen-bond acceptors (Lipinski definition) is 3. The Morgan fingerprint density at radius 3 is 0.938 bits per heavy atom. The van der Waals surface area contributed by atoms with Gasteiger partial charge in [0, 0.05) is 67.6 Å². The van der Waals surface area contributed by atoms with Crippen LogP contribution in [-0.2, 0) is 0 Å². The zero-order valence-corrected chi connectivity index (χ0v) is 35.2. The van der Waals surface area contributed by atoms with Crippen LogP contribution < -0.4 is 14.7 Å². The molecule has 0 unspecified atom stereocenters. The van der Waals surface area contributed by atoms with Gasteiger partial charge < -0.3 is 19.3 Å². The van der Waals surface area contributed by atoms with Crippen LogP contribution in [0.5, 0.6) is 0 Å². The summed E-state index contributed by atoms with van der Waals surface area (Å²) >= 11 is 0. The SMILES string of the molecule is c1ccc(N(c2ccccc2)c2ccc(N(c3ccccc3)c3ccc(-c4ccc(N(c5ccccc5)c5ccc6c(c5)c5ccccc5n6-c5ccccc5)cc4)cc3)cc2)cc1. The van der Waals surface area contributed by atoms with Gasteiger partial charge in [-0.2, -0.15) is 0 Å². The Kier molecular flexibility index (Phi) is 10.2. The van der Waals surface area contributed by atoms with E-state index in [-0.39, 0.29) is 0 Å². The highest BCUT2D eigenvalue weighted by Gasteiger charge is 2.19. The van der Waals surface area contributed by atoms with Crippen molar-refractivity contribution >= 4 is 73.0 Å². The van der Waals surface area contributed by atoms with Crippen LogP contribution in [0.15, 0.2) is 267 Å². The second-order valence-electron chi connectivity index (χ2n) is 15.8. The zero-order chi connectivity index (χ0) is 42.7. The maximum atomic E-state index is 2.36. The van der Waals surface area contributed by atoms with Crippen molar-refractivity contribution in [2.45, 2.75) is 0 Å². The summed E-state index contributed by atoms with van der Waals surface area (Å²) in [5.74, 6) is 0. The maximum absolute atomic E-state index is 2.36. The number of benzene rings is 10. The van der Waals surface area contributed by atoms with Gasteiger partial charge in [0.15, 0.2) is 0 Å². The van der Waals surface area contributed by atoms with Crippen molar-refractivity contribution in [1.29, 1.82) is 0 Å². The van der Waals surface area contributed by atoms with E-state index in [1.165, 1.54) is 21.8 Å². The van der Waals surface area contributed by atoms with E-state index in [1.54, 1.807) is 0 Å². The maximum Gasteiger partial charge on any atom is 0.0542 e. The first-order chi connectivity index (χ1) is 31.8. The molecule has 11 rings (SSSR count). The molecule has 0 fully saturated rings. The van der Waals surface area contributed by atoms with E-state index in [9.17, 15) is 0 Å². The first-order valence-electron chi connectivity index (χ1n) is 21.8. The second kappa shape index (κ2) is 17.0. The third kappa shape index (κ3) is 7.33. The highest BCUT2D eigenvalue weighted by molar-refractivity contribution is 6.10. The van der Waals surface area contributed by atoms with E-state index in [4.69, 9.17) is 0 Å². The van der Waals surface area contributed by atoms with Crippen LogP contribution in [-0.4, -0.2) is 4.57 Å². The molecule has 0 radical (unpaired) electrons. The quantitative estimate of drug-likeness (QED) is 0.129. The number of fused-ring (bicyclic) bond motifs is 3. The second-order valence-corrected chi connectivity index (χ2v) is 15.8. The van der Waals surface area contributed by atoms with E-state index in [0.29, 0.717) is 0 Å². The monoisotopic (exact) mass is 820 g/mol. The van der Waals surface area contributed by atoms with Gasteiger partial charge in [-0.25, -0.2) is 0 Å². The van der Waals surface area contributed by atoms with Gasteiger partial charge in [0.05, 0.1) is 11.0 Å². The van der Waals surface area contributed by atoms with Crippen LogP contribution in [0.4, 0.5) is 51.2 Å². The fraction of sp³-hybridized carbons (Fsp3) is 0. The van der Waals surface area contributed by atoms with Crippen LogP contribution in [0.3, 0.4) is 0 Å². The van der Waals surface area contributed by atoms with Gasteiger partial charge in [0.2, 0.25) is 0 Å². The summed E-state index contributed by atoms with van der Waals surface area (Å²) in [6.07, 6.45) is 0. The molecular formula is C60H44N4. The summed E-state index contributed by atoms with van der Waals surface area (Å²) in [6, 6.07) is 95.2. The molecule has 0 saturated carbocycles. The van der Waals surface area contributed by atoms with Crippen LogP contribution in [0.2, 0.25) is 0 Å². The Morgan fingerprint density at radius 1 is 0.219 bits per heavy atom. The Hall–Kier alpha value is -8.60. The number of hydrogen-bond donors (Lipinski definition) is 0. The highest BCUT2D eigenvalue weighted by atomic mass is 15.2. The van der Waals surface area contributed by atoms with E-state index in [1.807, 2.05) is 0 Å². The summed E-state index contributed by atoms with van der Waals surface area (Å²) in [6.45, 7) is 0. The average molecular weight is 821 g/mol. The van der Waals surface area contributed by atoms with Gasteiger partial charge in [-0.3, -0.25) is 0 Å². The standard InChI is InChI=1S/C60H44N4/c1-6-18-47(19-7-1)61(48-20-8-2-9-21-48)54-38-40-55(41-39-54)62(49-22-10-3-11-23-49)52-34-30-45(31-35-52)46-32-36-53(37-33-46)63(50-24-12-4-13-25-50)56-42-43-60-58(44-56)57-28-16-17-29-59(57)64(60)51-26-14-5-15-27-51/h1-44H. The van der Waals surface area contributed by atoms with Gasteiger partial charge >= 0.3 is 0 Å². The topological polar surface area (TPSA) is 14.7 Å². The fourth-order valence-electron chi connectivity index (χ4n) is 8.96. The Labute approximate surface area is 374 Å². The third-order valence-corrected chi connectivity index (χ3v) is 11.9. The molecule has 0 saturated heterocycles. The Morgan fingerprint density at radius 2 is 0.516 bits per heavy atom. The van der Waals surface area contributed by atoms with Crippen molar-refractivity contribution in [3.63, 3.8) is 0 Å². The van der Waals surface area contributed by atoms with Crippen molar-refractivity contribution in [2.24, 2.45) is 0 Å². The minimum Gasteiger partial charge on any atom is -0.311 e. The van der Waals surface area contributed by atoms with Crippen molar-refractivity contribution < 1.29 is 0 Å². The first-order valence-corrected chi connectivity index (χ1v) is 21.8. The van der Waals surface area contributed by atoms with Crippen molar-refractivity contribution in [1.82, 2.24) is 4.57 Å². The number of rotatable bonds is 11. The molecule has 1 aromatic heterocycles. The van der Waals surface area contributed by atoms with E-state index in [0.717, 1.165) is 68.0 Å². The van der Waals surface area contributed by atoms with Crippen LogP contribution in [0.25, 0.3) is 38.6 Å². The van der Waals surface area contributed by atoms with Crippen LogP contribution in [0, 0.1) is 0 Å². The minimum atomic E-state index is 1.08. The van der Waals surface area contributed by atoms with Crippen LogP contribution >= 0.6 is 0 Å². The van der Waals surface area contributed by atoms with Gasteiger partial charge in [-0.1, -0.05) is 133 Å². The average Bonchev–Trinajstić information content (AvgIpc) is 3.70. The molecule has 4 heteroatoms. The van der Waals surface area contributed by atoms with E-state index < -0.39 is 0 Å². The third-order valence-electron chi connectivity index (χ3n) is 11.9. The summed E-state index contributed by atoms with van der Waals surface area (Å²) in [5.41, 5.74) is 15.7. The largest absolute Gasteiger partial charge is 0.311 e. The first kappa shape index (κ1) is 38.3. The van der Waals surface area contributed by atoms with Gasteiger partial charge in [0.1, 0.15) is 0 Å². The minimum absolute atomic E-state index is 1.08. The Bertz CT molecular complexity index is 3240. The van der Waals surface area contributed by atoms with Crippen molar-refractivity contribution in [3.8, 4) is 16.8 Å². The molecule has 0 spiro atoms. The normalized spacial score (nSPS) is 11.1. The predicted octanol–water partition coefficient (Wildman–Crippen LogP) is 16.9. The lowest BCUT2D eigenvalue weighted by molar-refractivity contribution is 1.18. The zero-order valence-electron chi connectivity index (χ0n) is 35.2. The summed E-state index contributed by atoms with van der Waals surface area (Å²) < 4.78 is 2.36. The lowest BCUT2D eigenvalue weighted by Gasteiger charge is -2.28. The Balaban J connectivity index is 0.913. The molecule has 0 atom stereocenters. The number of anilines is 9. The highest BCUT2D eigenvalue weighted by Crippen LogP contribution is 2.42. The molecule has 0 aliphatic rings. The molecule has 0 aliphatic heterocycles. The van der Waals surface area contributed by atoms with E-state index >= 15 is 0 Å². The van der Waals surface area contributed by atoms with Crippen molar-refractivity contribution in [3.05, 3.63) is 267 Å². The molecule has 64 heavy (non-hydrogen) atoms. The molecule has 10 aromatic carbocycles. The molecular weight excluding hydrogens is 777 g/mol. The molecule has 0 aliphatic carbocycles. The molecule has 4 nitrogen and oxygen atoms in total. The van der Waals surface area contributed by atoms with Gasteiger partial charge in [0.25, 0.3) is 0 Å². The van der Waals surface area contributed by atoms with Gasteiger partial charge in [-0.15, -0.1) is 0 Å². The van der Waals surface area contributed by atoms with Gasteiger partial charge in [-0.05, 0) is 145 Å². The smallest absolute Gasteiger partial charge is 0.0542 e.